The van der Waals surface area contributed by atoms with Crippen molar-refractivity contribution in [1.82, 2.24) is 9.47 Å². The van der Waals surface area contributed by atoms with E-state index in [0.29, 0.717) is 25.7 Å². The second-order valence-corrected chi connectivity index (χ2v) is 7.95. The van der Waals surface area contributed by atoms with Crippen LogP contribution in [0.1, 0.15) is 30.9 Å². The Morgan fingerprint density at radius 1 is 1.03 bits per heavy atom. The van der Waals surface area contributed by atoms with E-state index in [1.54, 1.807) is 6.26 Å². The topological polar surface area (TPSA) is 50.8 Å². The summed E-state index contributed by atoms with van der Waals surface area (Å²) in [5.74, 6) is 1.29. The summed E-state index contributed by atoms with van der Waals surface area (Å²) in [6, 6.07) is 18.4. The zero-order valence-corrected chi connectivity index (χ0v) is 17.4. The molecule has 0 spiro atoms. The van der Waals surface area contributed by atoms with Crippen molar-refractivity contribution in [2.45, 2.75) is 39.6 Å². The van der Waals surface area contributed by atoms with E-state index < -0.39 is 6.10 Å². The van der Waals surface area contributed by atoms with Gasteiger partial charge in [0.2, 0.25) is 0 Å². The highest BCUT2D eigenvalue weighted by Crippen LogP contribution is 2.13. The van der Waals surface area contributed by atoms with Crippen LogP contribution in [0.4, 0.5) is 0 Å². The second kappa shape index (κ2) is 11.0. The zero-order chi connectivity index (χ0) is 20.5. The Morgan fingerprint density at radius 2 is 1.86 bits per heavy atom. The number of furan rings is 1. The Bertz CT molecular complexity index is 812. The van der Waals surface area contributed by atoms with Crippen molar-refractivity contribution in [2.75, 3.05) is 19.7 Å². The molecule has 29 heavy (non-hydrogen) atoms. The molecule has 0 radical (unpaired) electrons. The summed E-state index contributed by atoms with van der Waals surface area (Å²) >= 11 is 0. The average Bonchev–Trinajstić information content (AvgIpc) is 3.35. The monoisotopic (exact) mass is 396 g/mol. The smallest absolute Gasteiger partial charge is 0.129 e. The van der Waals surface area contributed by atoms with Crippen molar-refractivity contribution >= 4 is 0 Å². The van der Waals surface area contributed by atoms with Gasteiger partial charge < -0.3 is 18.8 Å². The van der Waals surface area contributed by atoms with Gasteiger partial charge in [0.25, 0.3) is 0 Å². The molecule has 0 fully saturated rings. The van der Waals surface area contributed by atoms with Crippen LogP contribution in [0.2, 0.25) is 0 Å². The molecule has 156 valence electrons. The summed E-state index contributed by atoms with van der Waals surface area (Å²) in [5, 5.41) is 10.5. The molecule has 0 saturated heterocycles. The molecular weight excluding hydrogens is 364 g/mol. The minimum Gasteiger partial charge on any atom is -0.467 e. The fourth-order valence-electron chi connectivity index (χ4n) is 3.52. The molecule has 0 aliphatic heterocycles. The molecule has 2 heterocycles. The van der Waals surface area contributed by atoms with E-state index in [1.807, 2.05) is 18.2 Å². The molecule has 0 amide bonds. The van der Waals surface area contributed by atoms with E-state index in [4.69, 9.17) is 9.15 Å². The first-order valence-electron chi connectivity index (χ1n) is 10.3. The third-order valence-corrected chi connectivity index (χ3v) is 4.73. The van der Waals surface area contributed by atoms with Crippen LogP contribution < -0.4 is 0 Å². The molecule has 0 aliphatic rings. The van der Waals surface area contributed by atoms with Crippen LogP contribution in [-0.2, 0) is 24.4 Å². The van der Waals surface area contributed by atoms with Crippen LogP contribution in [0, 0.1) is 5.92 Å². The highest BCUT2D eigenvalue weighted by Gasteiger charge is 2.16. The molecule has 5 nitrogen and oxygen atoms in total. The van der Waals surface area contributed by atoms with Gasteiger partial charge in [-0.15, -0.1) is 0 Å². The maximum absolute atomic E-state index is 10.5. The van der Waals surface area contributed by atoms with Crippen LogP contribution in [0.5, 0.6) is 0 Å². The van der Waals surface area contributed by atoms with Crippen molar-refractivity contribution in [2.24, 2.45) is 5.92 Å². The molecule has 1 N–H and O–H groups in total. The van der Waals surface area contributed by atoms with Crippen molar-refractivity contribution in [3.05, 3.63) is 84.1 Å². The van der Waals surface area contributed by atoms with Gasteiger partial charge in [-0.2, -0.15) is 0 Å². The molecule has 2 aromatic heterocycles. The number of hydrogen-bond acceptors (Lipinski definition) is 4. The summed E-state index contributed by atoms with van der Waals surface area (Å²) in [4.78, 5) is 2.31. The Morgan fingerprint density at radius 3 is 2.59 bits per heavy atom. The third-order valence-electron chi connectivity index (χ3n) is 4.73. The fraction of sp³-hybridized carbons (Fsp3) is 0.417. The number of rotatable bonds is 12. The lowest BCUT2D eigenvalue weighted by Crippen LogP contribution is -2.37. The van der Waals surface area contributed by atoms with E-state index in [2.05, 4.69) is 65.9 Å². The second-order valence-electron chi connectivity index (χ2n) is 7.95. The van der Waals surface area contributed by atoms with Crippen LogP contribution >= 0.6 is 0 Å². The highest BCUT2D eigenvalue weighted by molar-refractivity contribution is 5.17. The lowest BCUT2D eigenvalue weighted by molar-refractivity contribution is 0.00193. The summed E-state index contributed by atoms with van der Waals surface area (Å²) in [6.07, 6.45) is 3.21. The van der Waals surface area contributed by atoms with E-state index in [1.165, 1.54) is 11.3 Å². The summed E-state index contributed by atoms with van der Waals surface area (Å²) in [5.41, 5.74) is 2.53. The molecule has 0 bridgehead atoms. The lowest BCUT2D eigenvalue weighted by atomic mass is 10.2. The minimum absolute atomic E-state index is 0.292. The maximum atomic E-state index is 10.5. The van der Waals surface area contributed by atoms with Gasteiger partial charge in [-0.25, -0.2) is 0 Å². The first-order valence-corrected chi connectivity index (χ1v) is 10.3. The van der Waals surface area contributed by atoms with E-state index in [0.717, 1.165) is 25.4 Å². The Labute approximate surface area is 173 Å². The van der Waals surface area contributed by atoms with Crippen LogP contribution in [0.15, 0.2) is 71.5 Å². The predicted molar refractivity (Wildman–Crippen MR) is 114 cm³/mol. The van der Waals surface area contributed by atoms with Crippen LogP contribution in [-0.4, -0.2) is 40.4 Å². The number of aliphatic hydroxyl groups excluding tert-OH is 1. The van der Waals surface area contributed by atoms with Gasteiger partial charge >= 0.3 is 0 Å². The van der Waals surface area contributed by atoms with Crippen molar-refractivity contribution in [3.8, 4) is 0 Å². The Hall–Kier alpha value is -2.34. The molecule has 5 heteroatoms. The molecular formula is C24H32N2O3. The van der Waals surface area contributed by atoms with Gasteiger partial charge in [-0.05, 0) is 35.7 Å². The van der Waals surface area contributed by atoms with Gasteiger partial charge in [0.05, 0.1) is 19.0 Å². The lowest BCUT2D eigenvalue weighted by Gasteiger charge is -2.27. The van der Waals surface area contributed by atoms with Gasteiger partial charge in [0, 0.05) is 38.1 Å². The van der Waals surface area contributed by atoms with Crippen LogP contribution in [0.3, 0.4) is 0 Å². The molecule has 1 aromatic carbocycles. The standard InChI is InChI=1S/C24H32N2O3/c1-20(2)14-25(17-23(27)18-28-19-24-11-7-13-29-24)16-22-10-6-12-26(22)15-21-8-4-3-5-9-21/h3-13,20,23,27H,14-19H2,1-2H3/t23-/m1/s1. The molecule has 3 rings (SSSR count). The minimum atomic E-state index is -0.541. The molecule has 0 unspecified atom stereocenters. The largest absolute Gasteiger partial charge is 0.467 e. The number of aliphatic hydroxyl groups is 1. The predicted octanol–water partition coefficient (Wildman–Crippen LogP) is 4.17. The molecule has 0 saturated carbocycles. The summed E-state index contributed by atoms with van der Waals surface area (Å²) in [7, 11) is 0. The number of hydrogen-bond donors (Lipinski definition) is 1. The zero-order valence-electron chi connectivity index (χ0n) is 17.4. The Balaban J connectivity index is 1.55. The number of ether oxygens (including phenoxy) is 1. The van der Waals surface area contributed by atoms with Crippen molar-refractivity contribution in [3.63, 3.8) is 0 Å². The number of aromatic nitrogens is 1. The molecule has 0 aliphatic carbocycles. The van der Waals surface area contributed by atoms with Gasteiger partial charge in [0.15, 0.2) is 0 Å². The quantitative estimate of drug-likeness (QED) is 0.499. The molecule has 3 aromatic rings. The SMILES string of the molecule is CC(C)CN(Cc1cccn1Cc1ccccc1)C[C@@H](O)COCc1ccco1. The average molecular weight is 397 g/mol. The van der Waals surface area contributed by atoms with Crippen molar-refractivity contribution < 1.29 is 14.3 Å². The van der Waals surface area contributed by atoms with Gasteiger partial charge in [0.1, 0.15) is 12.4 Å². The van der Waals surface area contributed by atoms with Crippen molar-refractivity contribution in [1.29, 1.82) is 0 Å². The normalized spacial score (nSPS) is 12.7. The highest BCUT2D eigenvalue weighted by atomic mass is 16.5. The summed E-state index contributed by atoms with van der Waals surface area (Å²) in [6.45, 7) is 8.24. The Kier molecular flexibility index (Phi) is 8.11. The van der Waals surface area contributed by atoms with E-state index in [-0.39, 0.29) is 0 Å². The molecule has 1 atom stereocenters. The first kappa shape index (κ1) is 21.4. The number of nitrogens with zero attached hydrogens (tertiary/aromatic N) is 2. The fourth-order valence-corrected chi connectivity index (χ4v) is 3.52. The number of benzene rings is 1. The van der Waals surface area contributed by atoms with Gasteiger partial charge in [-0.1, -0.05) is 44.2 Å². The van der Waals surface area contributed by atoms with E-state index in [9.17, 15) is 5.11 Å². The third kappa shape index (κ3) is 7.20. The van der Waals surface area contributed by atoms with E-state index >= 15 is 0 Å². The van der Waals surface area contributed by atoms with Gasteiger partial charge in [-0.3, -0.25) is 4.90 Å². The van der Waals surface area contributed by atoms with Crippen LogP contribution in [0.25, 0.3) is 0 Å². The first-order chi connectivity index (χ1) is 14.1. The summed E-state index contributed by atoms with van der Waals surface area (Å²) < 4.78 is 13.1. The maximum Gasteiger partial charge on any atom is 0.129 e.